The van der Waals surface area contributed by atoms with Gasteiger partial charge in [0.1, 0.15) is 5.75 Å². The molecule has 0 bridgehead atoms. The number of carboxylic acids is 1. The van der Waals surface area contributed by atoms with Crippen molar-refractivity contribution in [3.63, 3.8) is 0 Å². The fraction of sp³-hybridized carbons (Fsp3) is 0.143. The van der Waals surface area contributed by atoms with Gasteiger partial charge in [-0.3, -0.25) is 0 Å². The number of aromatic nitrogens is 1. The normalized spacial score (nSPS) is 10.2. The zero-order valence-electron chi connectivity index (χ0n) is 10.5. The van der Waals surface area contributed by atoms with E-state index in [2.05, 4.69) is 10.3 Å². The zero-order chi connectivity index (χ0) is 13.7. The summed E-state index contributed by atoms with van der Waals surface area (Å²) in [4.78, 5) is 14.9. The van der Waals surface area contributed by atoms with Crippen molar-refractivity contribution in [1.82, 2.24) is 10.3 Å². The van der Waals surface area contributed by atoms with Crippen molar-refractivity contribution in [3.05, 3.63) is 53.7 Å². The number of ether oxygens (including phenoxy) is 1. The molecule has 1 aromatic heterocycles. The third kappa shape index (κ3) is 3.29. The Hall–Kier alpha value is -2.40. The Balaban J connectivity index is 2.19. The molecule has 1 aromatic carbocycles. The van der Waals surface area contributed by atoms with Crippen molar-refractivity contribution in [2.45, 2.75) is 6.54 Å². The number of hydrogen-bond donors (Lipinski definition) is 2. The summed E-state index contributed by atoms with van der Waals surface area (Å²) in [6, 6.07) is 9.98. The molecular formula is C14H14N2O3. The largest absolute Gasteiger partial charge is 0.478 e. The molecule has 0 aliphatic rings. The summed E-state index contributed by atoms with van der Waals surface area (Å²) in [5, 5.41) is 11.9. The van der Waals surface area contributed by atoms with Crippen molar-refractivity contribution in [1.29, 1.82) is 0 Å². The first-order chi connectivity index (χ1) is 9.20. The van der Waals surface area contributed by atoms with E-state index < -0.39 is 5.97 Å². The van der Waals surface area contributed by atoms with Crippen LogP contribution in [0.5, 0.6) is 11.6 Å². The van der Waals surface area contributed by atoms with Crippen molar-refractivity contribution in [3.8, 4) is 11.6 Å². The van der Waals surface area contributed by atoms with E-state index in [1.54, 1.807) is 18.3 Å². The maximum atomic E-state index is 10.7. The van der Waals surface area contributed by atoms with Crippen LogP contribution in [-0.2, 0) is 6.54 Å². The molecule has 0 saturated heterocycles. The van der Waals surface area contributed by atoms with E-state index in [1.807, 2.05) is 19.2 Å². The molecule has 98 valence electrons. The van der Waals surface area contributed by atoms with Gasteiger partial charge in [-0.15, -0.1) is 0 Å². The lowest BCUT2D eigenvalue weighted by Gasteiger charge is -2.09. The van der Waals surface area contributed by atoms with Crippen LogP contribution in [0.25, 0.3) is 0 Å². The molecule has 5 nitrogen and oxygen atoms in total. The van der Waals surface area contributed by atoms with Crippen molar-refractivity contribution >= 4 is 5.97 Å². The van der Waals surface area contributed by atoms with Crippen molar-refractivity contribution in [2.75, 3.05) is 7.05 Å². The molecule has 2 rings (SSSR count). The van der Waals surface area contributed by atoms with Gasteiger partial charge >= 0.3 is 5.97 Å². The van der Waals surface area contributed by atoms with Gasteiger partial charge in [0.2, 0.25) is 5.88 Å². The van der Waals surface area contributed by atoms with E-state index in [9.17, 15) is 4.79 Å². The van der Waals surface area contributed by atoms with E-state index in [-0.39, 0.29) is 5.56 Å². The van der Waals surface area contributed by atoms with Crippen LogP contribution in [0.2, 0.25) is 0 Å². The van der Waals surface area contributed by atoms with Gasteiger partial charge in [-0.2, -0.15) is 0 Å². The number of benzene rings is 1. The number of pyridine rings is 1. The quantitative estimate of drug-likeness (QED) is 0.861. The smallest absolute Gasteiger partial charge is 0.335 e. The second-order valence-electron chi connectivity index (χ2n) is 3.93. The number of nitrogens with zero attached hydrogens (tertiary/aromatic N) is 1. The van der Waals surface area contributed by atoms with Gasteiger partial charge in [0.05, 0.1) is 5.56 Å². The number of carbonyl (C=O) groups is 1. The lowest BCUT2D eigenvalue weighted by molar-refractivity contribution is 0.0697. The Morgan fingerprint density at radius 1 is 1.32 bits per heavy atom. The SMILES string of the molecule is CNCc1cccnc1Oc1ccc(C(=O)O)cc1. The molecule has 1 heterocycles. The Kier molecular flexibility index (Phi) is 4.10. The van der Waals surface area contributed by atoms with Gasteiger partial charge in [-0.05, 0) is 37.4 Å². The summed E-state index contributed by atoms with van der Waals surface area (Å²) in [5.74, 6) is 0.112. The highest BCUT2D eigenvalue weighted by Gasteiger charge is 2.06. The molecule has 5 heteroatoms. The van der Waals surface area contributed by atoms with E-state index >= 15 is 0 Å². The highest BCUT2D eigenvalue weighted by Crippen LogP contribution is 2.23. The molecule has 0 aliphatic heterocycles. The summed E-state index contributed by atoms with van der Waals surface area (Å²) in [6.45, 7) is 0.649. The predicted molar refractivity (Wildman–Crippen MR) is 70.5 cm³/mol. The molecule has 0 saturated carbocycles. The Morgan fingerprint density at radius 2 is 2.05 bits per heavy atom. The Morgan fingerprint density at radius 3 is 2.68 bits per heavy atom. The Labute approximate surface area is 110 Å². The topological polar surface area (TPSA) is 71.5 Å². The highest BCUT2D eigenvalue weighted by atomic mass is 16.5. The molecule has 0 fully saturated rings. The number of nitrogens with one attached hydrogen (secondary N) is 1. The van der Waals surface area contributed by atoms with Crippen LogP contribution in [0.15, 0.2) is 42.6 Å². The Bertz CT molecular complexity index is 567. The molecule has 0 atom stereocenters. The van der Waals surface area contributed by atoms with Crippen LogP contribution in [0.4, 0.5) is 0 Å². The molecule has 19 heavy (non-hydrogen) atoms. The molecule has 2 N–H and O–H groups in total. The van der Waals surface area contributed by atoms with Gasteiger partial charge in [0.15, 0.2) is 0 Å². The van der Waals surface area contributed by atoms with Gasteiger partial charge < -0.3 is 15.2 Å². The van der Waals surface area contributed by atoms with Gasteiger partial charge in [0.25, 0.3) is 0 Å². The fourth-order valence-electron chi connectivity index (χ4n) is 1.62. The molecule has 0 aliphatic carbocycles. The molecule has 0 radical (unpaired) electrons. The minimum Gasteiger partial charge on any atom is -0.478 e. The average Bonchev–Trinajstić information content (AvgIpc) is 2.42. The fourth-order valence-corrected chi connectivity index (χ4v) is 1.62. The van der Waals surface area contributed by atoms with E-state index in [0.29, 0.717) is 18.2 Å². The number of carboxylic acid groups (broad SMARTS) is 1. The van der Waals surface area contributed by atoms with E-state index in [1.165, 1.54) is 12.1 Å². The third-order valence-corrected chi connectivity index (χ3v) is 2.53. The molecular weight excluding hydrogens is 244 g/mol. The van der Waals surface area contributed by atoms with Gasteiger partial charge in [0, 0.05) is 18.3 Å². The molecule has 0 amide bonds. The number of rotatable bonds is 5. The van der Waals surface area contributed by atoms with Gasteiger partial charge in [-0.25, -0.2) is 9.78 Å². The number of hydrogen-bond acceptors (Lipinski definition) is 4. The standard InChI is InChI=1S/C14H14N2O3/c1-15-9-11-3-2-8-16-13(11)19-12-6-4-10(5-7-12)14(17)18/h2-8,15H,9H2,1H3,(H,17,18). The summed E-state index contributed by atoms with van der Waals surface area (Å²) in [7, 11) is 1.85. The summed E-state index contributed by atoms with van der Waals surface area (Å²) in [5.41, 5.74) is 1.16. The summed E-state index contributed by atoms with van der Waals surface area (Å²) < 4.78 is 5.65. The molecule has 2 aromatic rings. The first-order valence-corrected chi connectivity index (χ1v) is 5.80. The van der Waals surface area contributed by atoms with Crippen LogP contribution in [-0.4, -0.2) is 23.1 Å². The first kappa shape index (κ1) is 13.0. The van der Waals surface area contributed by atoms with E-state index in [0.717, 1.165) is 5.56 Å². The summed E-state index contributed by atoms with van der Waals surface area (Å²) >= 11 is 0. The third-order valence-electron chi connectivity index (χ3n) is 2.53. The van der Waals surface area contributed by atoms with Gasteiger partial charge in [-0.1, -0.05) is 6.07 Å². The molecule has 0 spiro atoms. The lowest BCUT2D eigenvalue weighted by Crippen LogP contribution is -2.07. The molecule has 0 unspecified atom stereocenters. The first-order valence-electron chi connectivity index (χ1n) is 5.80. The lowest BCUT2D eigenvalue weighted by atomic mass is 10.2. The minimum atomic E-state index is -0.958. The van der Waals surface area contributed by atoms with Crippen LogP contribution in [0, 0.1) is 0 Å². The van der Waals surface area contributed by atoms with E-state index in [4.69, 9.17) is 9.84 Å². The van der Waals surface area contributed by atoms with Crippen LogP contribution >= 0.6 is 0 Å². The highest BCUT2D eigenvalue weighted by molar-refractivity contribution is 5.87. The maximum absolute atomic E-state index is 10.7. The average molecular weight is 258 g/mol. The second kappa shape index (κ2) is 5.97. The summed E-state index contributed by atoms with van der Waals surface area (Å²) in [6.07, 6.45) is 1.65. The number of aromatic carboxylic acids is 1. The van der Waals surface area contributed by atoms with Crippen LogP contribution in [0.3, 0.4) is 0 Å². The maximum Gasteiger partial charge on any atom is 0.335 e. The van der Waals surface area contributed by atoms with Crippen molar-refractivity contribution in [2.24, 2.45) is 0 Å². The zero-order valence-corrected chi connectivity index (χ0v) is 10.5. The predicted octanol–water partition coefficient (Wildman–Crippen LogP) is 2.29. The van der Waals surface area contributed by atoms with Crippen LogP contribution < -0.4 is 10.1 Å². The van der Waals surface area contributed by atoms with Crippen molar-refractivity contribution < 1.29 is 14.6 Å². The minimum absolute atomic E-state index is 0.226. The monoisotopic (exact) mass is 258 g/mol. The van der Waals surface area contributed by atoms with Crippen LogP contribution in [0.1, 0.15) is 15.9 Å². The second-order valence-corrected chi connectivity index (χ2v) is 3.93.